The van der Waals surface area contributed by atoms with E-state index >= 15 is 0 Å². The van der Waals surface area contributed by atoms with Crippen LogP contribution in [0.25, 0.3) is 0 Å². The van der Waals surface area contributed by atoms with Crippen molar-refractivity contribution in [1.82, 2.24) is 10.6 Å². The van der Waals surface area contributed by atoms with Gasteiger partial charge in [-0.2, -0.15) is 0 Å². The lowest BCUT2D eigenvalue weighted by atomic mass is 9.80. The molecule has 21 heavy (non-hydrogen) atoms. The van der Waals surface area contributed by atoms with Gasteiger partial charge in [-0.1, -0.05) is 27.7 Å². The number of amides is 2. The summed E-state index contributed by atoms with van der Waals surface area (Å²) in [4.78, 5) is 34.8. The summed E-state index contributed by atoms with van der Waals surface area (Å²) in [5.74, 6) is -1.30. The molecule has 0 aromatic carbocycles. The number of nitrogens with one attached hydrogen (secondary N) is 2. The molecule has 0 aliphatic heterocycles. The fraction of sp³-hybridized carbons (Fsp3) is 0.800. The minimum absolute atomic E-state index is 0.0172. The maximum atomic E-state index is 12.2. The maximum Gasteiger partial charge on any atom is 0.306 e. The van der Waals surface area contributed by atoms with Crippen molar-refractivity contribution in [3.63, 3.8) is 0 Å². The molecule has 0 saturated heterocycles. The Kier molecular flexibility index (Phi) is 6.18. The van der Waals surface area contributed by atoms with Gasteiger partial charge < -0.3 is 15.7 Å². The van der Waals surface area contributed by atoms with E-state index in [4.69, 9.17) is 5.11 Å². The third kappa shape index (κ3) is 5.36. The van der Waals surface area contributed by atoms with E-state index in [2.05, 4.69) is 10.6 Å². The molecule has 0 aromatic heterocycles. The minimum atomic E-state index is -0.814. The van der Waals surface area contributed by atoms with Crippen LogP contribution in [-0.2, 0) is 14.4 Å². The van der Waals surface area contributed by atoms with E-state index in [0.29, 0.717) is 19.3 Å². The Morgan fingerprint density at radius 1 is 1.14 bits per heavy atom. The zero-order valence-electron chi connectivity index (χ0n) is 13.2. The van der Waals surface area contributed by atoms with E-state index in [1.807, 2.05) is 27.7 Å². The van der Waals surface area contributed by atoms with Crippen LogP contribution in [0.3, 0.4) is 0 Å². The van der Waals surface area contributed by atoms with E-state index in [1.165, 1.54) is 0 Å². The van der Waals surface area contributed by atoms with E-state index in [-0.39, 0.29) is 35.6 Å². The summed E-state index contributed by atoms with van der Waals surface area (Å²) in [6.07, 6.45) is 1.32. The van der Waals surface area contributed by atoms with Crippen LogP contribution in [0.5, 0.6) is 0 Å². The molecule has 0 spiro atoms. The van der Waals surface area contributed by atoms with Crippen molar-refractivity contribution in [3.8, 4) is 0 Å². The number of carboxylic acids is 1. The standard InChI is InChI=1S/C15H26N2O4/c1-8(2)5-12(18)17-13(9(3)4)14(19)16-11-6-10(7-11)15(20)21/h8-11,13H,5-7H2,1-4H3,(H,16,19)(H,17,18)(H,20,21). The molecule has 6 heteroatoms. The first-order valence-electron chi connectivity index (χ1n) is 7.53. The van der Waals surface area contributed by atoms with E-state index in [0.717, 1.165) is 0 Å². The lowest BCUT2D eigenvalue weighted by Crippen LogP contribution is -2.55. The van der Waals surface area contributed by atoms with Crippen molar-refractivity contribution in [2.24, 2.45) is 17.8 Å². The highest BCUT2D eigenvalue weighted by atomic mass is 16.4. The molecule has 2 amide bonds. The monoisotopic (exact) mass is 298 g/mol. The SMILES string of the molecule is CC(C)CC(=O)NC(C(=O)NC1CC(C(=O)O)C1)C(C)C. The van der Waals surface area contributed by atoms with Crippen LogP contribution in [-0.4, -0.2) is 35.0 Å². The van der Waals surface area contributed by atoms with Crippen LogP contribution in [0, 0.1) is 17.8 Å². The van der Waals surface area contributed by atoms with Crippen molar-refractivity contribution in [2.45, 2.75) is 59.0 Å². The molecule has 0 radical (unpaired) electrons. The molecule has 1 rings (SSSR count). The van der Waals surface area contributed by atoms with E-state index < -0.39 is 12.0 Å². The third-order valence-electron chi connectivity index (χ3n) is 3.69. The number of carbonyl (C=O) groups excluding carboxylic acids is 2. The highest BCUT2D eigenvalue weighted by Crippen LogP contribution is 2.27. The van der Waals surface area contributed by atoms with Gasteiger partial charge in [0.15, 0.2) is 0 Å². The summed E-state index contributed by atoms with van der Waals surface area (Å²) in [6, 6.07) is -0.665. The molecule has 3 N–H and O–H groups in total. The Morgan fingerprint density at radius 3 is 2.14 bits per heavy atom. The Bertz CT molecular complexity index is 400. The molecule has 1 atom stereocenters. The number of hydrogen-bond donors (Lipinski definition) is 3. The first kappa shape index (κ1) is 17.5. The lowest BCUT2D eigenvalue weighted by Gasteiger charge is -2.34. The quantitative estimate of drug-likeness (QED) is 0.657. The van der Waals surface area contributed by atoms with Crippen molar-refractivity contribution < 1.29 is 19.5 Å². The van der Waals surface area contributed by atoms with Crippen molar-refractivity contribution in [3.05, 3.63) is 0 Å². The topological polar surface area (TPSA) is 95.5 Å². The smallest absolute Gasteiger partial charge is 0.306 e. The summed E-state index contributed by atoms with van der Waals surface area (Å²) in [7, 11) is 0. The van der Waals surface area contributed by atoms with Gasteiger partial charge in [0.1, 0.15) is 6.04 Å². The second-order valence-electron chi connectivity index (χ2n) is 6.60. The predicted molar refractivity (Wildman–Crippen MR) is 78.5 cm³/mol. The molecule has 0 bridgehead atoms. The van der Waals surface area contributed by atoms with Gasteiger partial charge in [0, 0.05) is 12.5 Å². The average molecular weight is 298 g/mol. The van der Waals surface area contributed by atoms with Gasteiger partial charge in [0.25, 0.3) is 0 Å². The zero-order chi connectivity index (χ0) is 16.2. The number of carboxylic acid groups (broad SMARTS) is 1. The number of hydrogen-bond acceptors (Lipinski definition) is 3. The lowest BCUT2D eigenvalue weighted by molar-refractivity contribution is -0.146. The Balaban J connectivity index is 2.47. The minimum Gasteiger partial charge on any atom is -0.481 e. The Hall–Kier alpha value is -1.59. The van der Waals surface area contributed by atoms with Crippen molar-refractivity contribution in [2.75, 3.05) is 0 Å². The van der Waals surface area contributed by atoms with E-state index in [1.54, 1.807) is 0 Å². The normalized spacial score (nSPS) is 22.6. The molecule has 120 valence electrons. The summed E-state index contributed by atoms with van der Waals surface area (Å²) in [6.45, 7) is 7.65. The van der Waals surface area contributed by atoms with Gasteiger partial charge in [-0.05, 0) is 24.7 Å². The van der Waals surface area contributed by atoms with Crippen LogP contribution in [0.4, 0.5) is 0 Å². The second-order valence-corrected chi connectivity index (χ2v) is 6.60. The summed E-state index contributed by atoms with van der Waals surface area (Å²) < 4.78 is 0. The molecule has 6 nitrogen and oxygen atoms in total. The zero-order valence-corrected chi connectivity index (χ0v) is 13.2. The first-order valence-corrected chi connectivity index (χ1v) is 7.53. The molecule has 1 aliphatic carbocycles. The average Bonchev–Trinajstić information content (AvgIpc) is 2.27. The number of aliphatic carboxylic acids is 1. The van der Waals surface area contributed by atoms with Crippen LogP contribution in [0.2, 0.25) is 0 Å². The fourth-order valence-electron chi connectivity index (χ4n) is 2.37. The summed E-state index contributed by atoms with van der Waals surface area (Å²) >= 11 is 0. The molecule has 0 heterocycles. The molecule has 1 saturated carbocycles. The first-order chi connectivity index (χ1) is 9.70. The van der Waals surface area contributed by atoms with Crippen molar-refractivity contribution in [1.29, 1.82) is 0 Å². The molecule has 0 aromatic rings. The predicted octanol–water partition coefficient (Wildman–Crippen LogP) is 1.15. The van der Waals surface area contributed by atoms with Gasteiger partial charge in [0.05, 0.1) is 5.92 Å². The van der Waals surface area contributed by atoms with Gasteiger partial charge in [-0.25, -0.2) is 0 Å². The maximum absolute atomic E-state index is 12.2. The molecule has 1 fully saturated rings. The van der Waals surface area contributed by atoms with Crippen LogP contribution < -0.4 is 10.6 Å². The molecule has 1 aliphatic rings. The fourth-order valence-corrected chi connectivity index (χ4v) is 2.37. The van der Waals surface area contributed by atoms with Crippen LogP contribution >= 0.6 is 0 Å². The molecular formula is C15H26N2O4. The summed E-state index contributed by atoms with van der Waals surface area (Å²) in [5.41, 5.74) is 0. The van der Waals surface area contributed by atoms with E-state index in [9.17, 15) is 14.4 Å². The van der Waals surface area contributed by atoms with Gasteiger partial charge in [0.2, 0.25) is 11.8 Å². The summed E-state index contributed by atoms with van der Waals surface area (Å²) in [5, 5.41) is 14.4. The second kappa shape index (κ2) is 7.43. The largest absolute Gasteiger partial charge is 0.481 e. The number of carbonyl (C=O) groups is 3. The third-order valence-corrected chi connectivity index (χ3v) is 3.69. The van der Waals surface area contributed by atoms with Gasteiger partial charge in [-0.15, -0.1) is 0 Å². The van der Waals surface area contributed by atoms with Gasteiger partial charge in [-0.3, -0.25) is 14.4 Å². The number of rotatable bonds is 7. The van der Waals surface area contributed by atoms with Crippen LogP contribution in [0.15, 0.2) is 0 Å². The highest BCUT2D eigenvalue weighted by molar-refractivity contribution is 5.88. The van der Waals surface area contributed by atoms with Gasteiger partial charge >= 0.3 is 5.97 Å². The Morgan fingerprint density at radius 2 is 1.71 bits per heavy atom. The van der Waals surface area contributed by atoms with Crippen LogP contribution in [0.1, 0.15) is 47.0 Å². The highest BCUT2D eigenvalue weighted by Gasteiger charge is 2.36. The van der Waals surface area contributed by atoms with Crippen molar-refractivity contribution >= 4 is 17.8 Å². The molecular weight excluding hydrogens is 272 g/mol. The Labute approximate surface area is 125 Å². The molecule has 1 unspecified atom stereocenters.